The number of carbonyl (C=O) groups is 1. The van der Waals surface area contributed by atoms with Gasteiger partial charge in [-0.1, -0.05) is 20.8 Å². The minimum absolute atomic E-state index is 0.0656. The van der Waals surface area contributed by atoms with Crippen molar-refractivity contribution in [3.05, 3.63) is 11.7 Å². The fraction of sp³-hybridized carbons (Fsp3) is 0.727. The third-order valence-electron chi connectivity index (χ3n) is 3.02. The van der Waals surface area contributed by atoms with Gasteiger partial charge in [0.25, 0.3) is 6.08 Å². The van der Waals surface area contributed by atoms with Crippen molar-refractivity contribution >= 4 is 5.97 Å². The number of ether oxygens (including phenoxy) is 1. The molecule has 2 unspecified atom stereocenters. The first-order chi connectivity index (χ1) is 7.30. The van der Waals surface area contributed by atoms with Crippen molar-refractivity contribution in [1.82, 2.24) is 4.90 Å². The number of fused-ring (bicyclic) bond motifs is 1. The smallest absolute Gasteiger partial charge is 0.325 e. The molecule has 0 N–H and O–H groups in total. The van der Waals surface area contributed by atoms with Crippen molar-refractivity contribution in [2.75, 3.05) is 6.54 Å². The third kappa shape index (κ3) is 1.73. The molecule has 2 fully saturated rings. The Morgan fingerprint density at radius 2 is 2.06 bits per heavy atom. The first-order valence-electron chi connectivity index (χ1n) is 5.30. The van der Waals surface area contributed by atoms with E-state index in [2.05, 4.69) is 0 Å². The lowest BCUT2D eigenvalue weighted by molar-refractivity contribution is -0.147. The maximum absolute atomic E-state index is 12.5. The molecule has 0 aromatic heterocycles. The average molecular weight is 231 g/mol. The summed E-state index contributed by atoms with van der Waals surface area (Å²) >= 11 is 0. The second kappa shape index (κ2) is 3.52. The van der Waals surface area contributed by atoms with Crippen LogP contribution in [0.15, 0.2) is 11.7 Å². The van der Waals surface area contributed by atoms with Crippen LogP contribution in [-0.4, -0.2) is 29.7 Å². The molecule has 0 aromatic carbocycles. The second-order valence-corrected chi connectivity index (χ2v) is 5.41. The molecule has 0 saturated carbocycles. The van der Waals surface area contributed by atoms with Crippen LogP contribution in [0, 0.1) is 5.41 Å². The van der Waals surface area contributed by atoms with Gasteiger partial charge in [0.1, 0.15) is 6.04 Å². The van der Waals surface area contributed by atoms with E-state index in [1.807, 2.05) is 20.8 Å². The van der Waals surface area contributed by atoms with Crippen LogP contribution >= 0.6 is 0 Å². The molecule has 2 saturated heterocycles. The monoisotopic (exact) mass is 231 g/mol. The normalized spacial score (nSPS) is 30.6. The van der Waals surface area contributed by atoms with Gasteiger partial charge in [0.05, 0.1) is 0 Å². The largest absolute Gasteiger partial charge is 0.445 e. The number of esters is 1. The predicted octanol–water partition coefficient (Wildman–Crippen LogP) is 2.14. The zero-order valence-electron chi connectivity index (χ0n) is 9.59. The highest BCUT2D eigenvalue weighted by molar-refractivity contribution is 5.79. The highest BCUT2D eigenvalue weighted by atomic mass is 19.3. The maximum Gasteiger partial charge on any atom is 0.325 e. The van der Waals surface area contributed by atoms with E-state index in [9.17, 15) is 13.6 Å². The van der Waals surface area contributed by atoms with Gasteiger partial charge in [0, 0.05) is 24.0 Å². The summed E-state index contributed by atoms with van der Waals surface area (Å²) in [6, 6.07) is -0.513. The Morgan fingerprint density at radius 1 is 1.44 bits per heavy atom. The van der Waals surface area contributed by atoms with Gasteiger partial charge in [-0.15, -0.1) is 0 Å². The summed E-state index contributed by atoms with van der Waals surface area (Å²) in [5.41, 5.74) is -0.192. The van der Waals surface area contributed by atoms with E-state index < -0.39 is 18.4 Å². The van der Waals surface area contributed by atoms with Gasteiger partial charge < -0.3 is 4.74 Å². The van der Waals surface area contributed by atoms with Gasteiger partial charge >= 0.3 is 5.97 Å². The topological polar surface area (TPSA) is 29.5 Å². The standard InChI is InChI=1S/C11H15F2NO2/c1-11(2,3)10-14-5-6(8(12)13)4-7(14)9(15)16-10/h7,10H,4-5H2,1-3H3. The summed E-state index contributed by atoms with van der Waals surface area (Å²) in [5, 5.41) is 0. The molecule has 0 bridgehead atoms. The maximum atomic E-state index is 12.5. The summed E-state index contributed by atoms with van der Waals surface area (Å²) in [7, 11) is 0. The van der Waals surface area contributed by atoms with Crippen LogP contribution in [0.2, 0.25) is 0 Å². The van der Waals surface area contributed by atoms with E-state index in [1.54, 1.807) is 4.90 Å². The molecule has 0 radical (unpaired) electrons. The molecule has 2 aliphatic rings. The van der Waals surface area contributed by atoms with E-state index in [0.29, 0.717) is 0 Å². The van der Waals surface area contributed by atoms with Crippen molar-refractivity contribution in [2.45, 2.75) is 39.5 Å². The van der Waals surface area contributed by atoms with E-state index >= 15 is 0 Å². The number of halogens is 2. The Kier molecular flexibility index (Phi) is 2.53. The number of cyclic esters (lactones) is 1. The Morgan fingerprint density at radius 3 is 2.56 bits per heavy atom. The minimum atomic E-state index is -1.66. The molecule has 90 valence electrons. The van der Waals surface area contributed by atoms with Gasteiger partial charge in [-0.2, -0.15) is 8.78 Å². The quantitative estimate of drug-likeness (QED) is 0.598. The highest BCUT2D eigenvalue weighted by Crippen LogP contribution is 2.39. The van der Waals surface area contributed by atoms with Gasteiger partial charge in [-0.05, 0) is 0 Å². The Labute approximate surface area is 93.1 Å². The second-order valence-electron chi connectivity index (χ2n) is 5.41. The van der Waals surface area contributed by atoms with Gasteiger partial charge in [0.2, 0.25) is 0 Å². The minimum Gasteiger partial charge on any atom is -0.445 e. The summed E-state index contributed by atoms with van der Waals surface area (Å²) in [6.45, 7) is 5.93. The van der Waals surface area contributed by atoms with Gasteiger partial charge in [-0.25, -0.2) is 4.90 Å². The average Bonchev–Trinajstić information content (AvgIpc) is 2.65. The van der Waals surface area contributed by atoms with Crippen LogP contribution in [0.4, 0.5) is 8.78 Å². The molecule has 0 aromatic rings. The van der Waals surface area contributed by atoms with Crippen LogP contribution < -0.4 is 0 Å². The summed E-state index contributed by atoms with van der Waals surface area (Å²) in [5.74, 6) is -0.379. The third-order valence-corrected chi connectivity index (χ3v) is 3.02. The lowest BCUT2D eigenvalue weighted by Crippen LogP contribution is -2.41. The fourth-order valence-electron chi connectivity index (χ4n) is 2.28. The molecule has 3 nitrogen and oxygen atoms in total. The number of nitrogens with zero attached hydrogens (tertiary/aromatic N) is 1. The van der Waals surface area contributed by atoms with Gasteiger partial charge in [-0.3, -0.25) is 4.79 Å². The van der Waals surface area contributed by atoms with E-state index in [0.717, 1.165) is 0 Å². The first kappa shape index (κ1) is 11.5. The fourth-order valence-corrected chi connectivity index (χ4v) is 2.28. The van der Waals surface area contributed by atoms with Crippen LogP contribution in [-0.2, 0) is 9.53 Å². The van der Waals surface area contributed by atoms with E-state index in [-0.39, 0.29) is 29.9 Å². The number of carbonyl (C=O) groups excluding carboxylic acids is 1. The molecular weight excluding hydrogens is 216 g/mol. The lowest BCUT2D eigenvalue weighted by Gasteiger charge is -2.31. The van der Waals surface area contributed by atoms with Crippen molar-refractivity contribution < 1.29 is 18.3 Å². The predicted molar refractivity (Wildman–Crippen MR) is 53.7 cm³/mol. The summed E-state index contributed by atoms with van der Waals surface area (Å²) < 4.78 is 30.2. The number of hydrogen-bond donors (Lipinski definition) is 0. The molecule has 2 rings (SSSR count). The zero-order valence-corrected chi connectivity index (χ0v) is 9.59. The first-order valence-corrected chi connectivity index (χ1v) is 5.30. The zero-order chi connectivity index (χ0) is 12.1. The number of hydrogen-bond acceptors (Lipinski definition) is 3. The van der Waals surface area contributed by atoms with Crippen molar-refractivity contribution in [1.29, 1.82) is 0 Å². The van der Waals surface area contributed by atoms with Crippen molar-refractivity contribution in [2.24, 2.45) is 5.41 Å². The molecule has 0 amide bonds. The Hall–Kier alpha value is -0.970. The summed E-state index contributed by atoms with van der Waals surface area (Å²) in [4.78, 5) is 13.3. The summed E-state index contributed by atoms with van der Waals surface area (Å²) in [6.07, 6.45) is -1.95. The van der Waals surface area contributed by atoms with Crippen molar-refractivity contribution in [3.63, 3.8) is 0 Å². The number of rotatable bonds is 0. The molecule has 0 aliphatic carbocycles. The molecule has 2 heterocycles. The SMILES string of the molecule is CC(C)(C)C1OC(=O)C2CC(=C(F)F)CN21. The van der Waals surface area contributed by atoms with Crippen molar-refractivity contribution in [3.8, 4) is 0 Å². The molecule has 0 spiro atoms. The molecule has 5 heteroatoms. The van der Waals surface area contributed by atoms with E-state index in [1.165, 1.54) is 0 Å². The van der Waals surface area contributed by atoms with Gasteiger partial charge in [0.15, 0.2) is 6.23 Å². The molecule has 16 heavy (non-hydrogen) atoms. The van der Waals surface area contributed by atoms with Crippen LogP contribution in [0.3, 0.4) is 0 Å². The van der Waals surface area contributed by atoms with E-state index in [4.69, 9.17) is 4.74 Å². The van der Waals surface area contributed by atoms with Crippen LogP contribution in [0.5, 0.6) is 0 Å². The Bertz CT molecular complexity index is 355. The molecule has 2 atom stereocenters. The lowest BCUT2D eigenvalue weighted by atomic mass is 9.93. The van der Waals surface area contributed by atoms with Crippen LogP contribution in [0.1, 0.15) is 27.2 Å². The molecule has 2 aliphatic heterocycles. The van der Waals surface area contributed by atoms with Crippen LogP contribution in [0.25, 0.3) is 0 Å². The molecular formula is C11H15F2NO2. The highest BCUT2D eigenvalue weighted by Gasteiger charge is 2.51. The Balaban J connectivity index is 2.26.